The van der Waals surface area contributed by atoms with Gasteiger partial charge in [0.05, 0.1) is 4.90 Å². The van der Waals surface area contributed by atoms with Crippen molar-refractivity contribution in [2.75, 3.05) is 18.4 Å². The molecule has 0 radical (unpaired) electrons. The molecule has 0 spiro atoms. The van der Waals surface area contributed by atoms with E-state index >= 15 is 0 Å². The Morgan fingerprint density at radius 3 is 2.33 bits per heavy atom. The Labute approximate surface area is 121 Å². The molecule has 1 aliphatic carbocycles. The lowest BCUT2D eigenvalue weighted by Gasteiger charge is -2.09. The topological polar surface area (TPSA) is 75.3 Å². The zero-order valence-electron chi connectivity index (χ0n) is 11.2. The van der Waals surface area contributed by atoms with Gasteiger partial charge in [-0.15, -0.1) is 0 Å². The van der Waals surface area contributed by atoms with Crippen LogP contribution in [0.1, 0.15) is 12.8 Å². The molecule has 0 atom stereocenters. The Morgan fingerprint density at radius 2 is 1.81 bits per heavy atom. The van der Waals surface area contributed by atoms with Gasteiger partial charge in [0.25, 0.3) is 0 Å². The molecule has 0 saturated heterocycles. The van der Waals surface area contributed by atoms with E-state index in [1.165, 1.54) is 12.1 Å². The number of alkyl halides is 2. The molecule has 1 saturated carbocycles. The Balaban J connectivity index is 1.81. The van der Waals surface area contributed by atoms with Crippen LogP contribution in [0, 0.1) is 5.92 Å². The fourth-order valence-corrected chi connectivity index (χ4v) is 2.47. The van der Waals surface area contributed by atoms with Crippen LogP contribution >= 0.6 is 0 Å². The van der Waals surface area contributed by atoms with E-state index in [0.29, 0.717) is 18.8 Å². The first kappa shape index (κ1) is 15.7. The number of carbonyl (C=O) groups is 1. The number of nitrogens with one attached hydrogen (secondary N) is 2. The average Bonchev–Trinajstić information content (AvgIpc) is 3.28. The Kier molecular flexibility index (Phi) is 4.76. The number of hydrogen-bond donors (Lipinski definition) is 2. The molecule has 1 fully saturated rings. The standard InChI is InChI=1S/C13H16F2N2O3S/c14-13(15)21(19,20)11-5-3-10(4-6-11)16-7-8-17-12(18)9-1-2-9/h3-6,9,13,16H,1-2,7-8H2,(H,17,18). The Morgan fingerprint density at radius 1 is 1.19 bits per heavy atom. The highest BCUT2D eigenvalue weighted by Crippen LogP contribution is 2.28. The van der Waals surface area contributed by atoms with Crippen LogP contribution in [0.4, 0.5) is 14.5 Å². The summed E-state index contributed by atoms with van der Waals surface area (Å²) < 4.78 is 47.2. The molecular weight excluding hydrogens is 302 g/mol. The molecule has 0 aliphatic heterocycles. The molecule has 1 aromatic rings. The van der Waals surface area contributed by atoms with Gasteiger partial charge in [0.15, 0.2) is 0 Å². The van der Waals surface area contributed by atoms with Crippen LogP contribution in [0.3, 0.4) is 0 Å². The zero-order chi connectivity index (χ0) is 15.5. The largest absolute Gasteiger partial charge is 0.383 e. The Bertz CT molecular complexity index is 598. The highest BCUT2D eigenvalue weighted by Gasteiger charge is 2.29. The van der Waals surface area contributed by atoms with Gasteiger partial charge in [0.2, 0.25) is 15.7 Å². The maximum Gasteiger partial charge on any atom is 0.341 e. The van der Waals surface area contributed by atoms with E-state index in [9.17, 15) is 22.0 Å². The van der Waals surface area contributed by atoms with Crippen LogP contribution < -0.4 is 10.6 Å². The summed E-state index contributed by atoms with van der Waals surface area (Å²) in [5.74, 6) is -3.21. The first-order valence-electron chi connectivity index (χ1n) is 6.55. The van der Waals surface area contributed by atoms with E-state index in [0.717, 1.165) is 25.0 Å². The predicted molar refractivity (Wildman–Crippen MR) is 73.9 cm³/mol. The van der Waals surface area contributed by atoms with Crippen molar-refractivity contribution in [3.05, 3.63) is 24.3 Å². The number of amides is 1. The molecule has 1 amide bonds. The van der Waals surface area contributed by atoms with Crippen LogP contribution in [0.2, 0.25) is 0 Å². The molecule has 8 heteroatoms. The number of sulfone groups is 1. The van der Waals surface area contributed by atoms with E-state index < -0.39 is 20.5 Å². The van der Waals surface area contributed by atoms with E-state index in [4.69, 9.17) is 0 Å². The van der Waals surface area contributed by atoms with Gasteiger partial charge >= 0.3 is 5.76 Å². The molecule has 0 bridgehead atoms. The second kappa shape index (κ2) is 6.38. The molecule has 21 heavy (non-hydrogen) atoms. The van der Waals surface area contributed by atoms with Crippen molar-refractivity contribution in [1.82, 2.24) is 5.32 Å². The van der Waals surface area contributed by atoms with Crippen LogP contribution in [0.5, 0.6) is 0 Å². The number of rotatable bonds is 7. The summed E-state index contributed by atoms with van der Waals surface area (Å²) in [6.07, 6.45) is 1.89. The van der Waals surface area contributed by atoms with Crippen molar-refractivity contribution < 1.29 is 22.0 Å². The first-order chi connectivity index (χ1) is 9.91. The SMILES string of the molecule is O=C(NCCNc1ccc(S(=O)(=O)C(F)F)cc1)C1CC1. The van der Waals surface area contributed by atoms with Crippen LogP contribution in [-0.2, 0) is 14.6 Å². The third kappa shape index (κ3) is 4.13. The molecule has 1 aliphatic rings. The molecule has 2 N–H and O–H groups in total. The third-order valence-electron chi connectivity index (χ3n) is 3.12. The van der Waals surface area contributed by atoms with Gasteiger partial charge in [-0.1, -0.05) is 0 Å². The fraction of sp³-hybridized carbons (Fsp3) is 0.462. The second-order valence-electron chi connectivity index (χ2n) is 4.82. The number of halogens is 2. The van der Waals surface area contributed by atoms with E-state index in [1.54, 1.807) is 0 Å². The number of anilines is 1. The lowest BCUT2D eigenvalue weighted by molar-refractivity contribution is -0.122. The summed E-state index contributed by atoms with van der Waals surface area (Å²) >= 11 is 0. The maximum absolute atomic E-state index is 12.3. The fourth-order valence-electron chi connectivity index (χ4n) is 1.75. The molecule has 1 aromatic carbocycles. The van der Waals surface area contributed by atoms with Gasteiger partial charge in [-0.25, -0.2) is 8.42 Å². The second-order valence-corrected chi connectivity index (χ2v) is 6.74. The van der Waals surface area contributed by atoms with Crippen molar-refractivity contribution in [2.24, 2.45) is 5.92 Å². The van der Waals surface area contributed by atoms with Gasteiger partial charge in [0, 0.05) is 24.7 Å². The zero-order valence-corrected chi connectivity index (χ0v) is 12.0. The first-order valence-corrected chi connectivity index (χ1v) is 8.09. The van der Waals surface area contributed by atoms with Crippen molar-refractivity contribution in [3.63, 3.8) is 0 Å². The van der Waals surface area contributed by atoms with Gasteiger partial charge in [-0.3, -0.25) is 4.79 Å². The lowest BCUT2D eigenvalue weighted by Crippen LogP contribution is -2.29. The smallest absolute Gasteiger partial charge is 0.341 e. The molecule has 0 unspecified atom stereocenters. The van der Waals surface area contributed by atoms with Gasteiger partial charge in [0.1, 0.15) is 0 Å². The molecule has 0 heterocycles. The van der Waals surface area contributed by atoms with Gasteiger partial charge in [-0.2, -0.15) is 8.78 Å². The minimum atomic E-state index is -4.55. The maximum atomic E-state index is 12.3. The van der Waals surface area contributed by atoms with E-state index in [-0.39, 0.29) is 11.8 Å². The average molecular weight is 318 g/mol. The lowest BCUT2D eigenvalue weighted by atomic mass is 10.3. The van der Waals surface area contributed by atoms with E-state index in [2.05, 4.69) is 10.6 Å². The number of benzene rings is 1. The third-order valence-corrected chi connectivity index (χ3v) is 4.52. The minimum Gasteiger partial charge on any atom is -0.383 e. The summed E-state index contributed by atoms with van der Waals surface area (Å²) in [7, 11) is -4.55. The quantitative estimate of drug-likeness (QED) is 0.749. The molecule has 116 valence electrons. The molecule has 0 aromatic heterocycles. The summed E-state index contributed by atoms with van der Waals surface area (Å²) in [5.41, 5.74) is 0.601. The summed E-state index contributed by atoms with van der Waals surface area (Å²) in [4.78, 5) is 10.9. The van der Waals surface area contributed by atoms with Crippen LogP contribution in [-0.4, -0.2) is 33.2 Å². The predicted octanol–water partition coefficient (Wildman–Crippen LogP) is 1.62. The van der Waals surface area contributed by atoms with Crippen molar-refractivity contribution in [1.29, 1.82) is 0 Å². The van der Waals surface area contributed by atoms with Gasteiger partial charge < -0.3 is 10.6 Å². The monoisotopic (exact) mass is 318 g/mol. The highest BCUT2D eigenvalue weighted by atomic mass is 32.2. The molecule has 5 nitrogen and oxygen atoms in total. The molecular formula is C13H16F2N2O3S. The van der Waals surface area contributed by atoms with Crippen molar-refractivity contribution >= 4 is 21.4 Å². The molecule has 2 rings (SSSR count). The van der Waals surface area contributed by atoms with Crippen molar-refractivity contribution in [2.45, 2.75) is 23.5 Å². The van der Waals surface area contributed by atoms with Gasteiger partial charge in [-0.05, 0) is 37.1 Å². The summed E-state index contributed by atoms with van der Waals surface area (Å²) in [5, 5.41) is 5.74. The normalized spacial score (nSPS) is 15.0. The highest BCUT2D eigenvalue weighted by molar-refractivity contribution is 7.91. The van der Waals surface area contributed by atoms with Crippen LogP contribution in [0.15, 0.2) is 29.2 Å². The van der Waals surface area contributed by atoms with Crippen molar-refractivity contribution in [3.8, 4) is 0 Å². The summed E-state index contributed by atoms with van der Waals surface area (Å²) in [6, 6.07) is 5.09. The minimum absolute atomic E-state index is 0.0511. The summed E-state index contributed by atoms with van der Waals surface area (Å²) in [6.45, 7) is 0.922. The Hall–Kier alpha value is -1.70. The van der Waals surface area contributed by atoms with E-state index in [1.807, 2.05) is 0 Å². The number of carbonyl (C=O) groups excluding carboxylic acids is 1. The van der Waals surface area contributed by atoms with Crippen LogP contribution in [0.25, 0.3) is 0 Å². The number of hydrogen-bond acceptors (Lipinski definition) is 4.